The van der Waals surface area contributed by atoms with Crippen molar-refractivity contribution < 1.29 is 18.0 Å². The van der Waals surface area contributed by atoms with Crippen molar-refractivity contribution in [2.24, 2.45) is 0 Å². The predicted octanol–water partition coefficient (Wildman–Crippen LogP) is 1.80. The molecule has 0 radical (unpaired) electrons. The highest BCUT2D eigenvalue weighted by Crippen LogP contribution is 2.22. The molecule has 0 atom stereocenters. The Morgan fingerprint density at radius 3 is 2.56 bits per heavy atom. The van der Waals surface area contributed by atoms with E-state index in [9.17, 15) is 8.42 Å². The fraction of sp³-hybridized carbons (Fsp3) is 0.500. The summed E-state index contributed by atoms with van der Waals surface area (Å²) in [4.78, 5) is 5.42. The van der Waals surface area contributed by atoms with E-state index >= 15 is 0 Å². The first-order chi connectivity index (χ1) is 8.64. The van der Waals surface area contributed by atoms with Crippen LogP contribution in [0.1, 0.15) is 19.8 Å². The van der Waals surface area contributed by atoms with Crippen LogP contribution in [0.15, 0.2) is 29.2 Å². The van der Waals surface area contributed by atoms with Gasteiger partial charge in [-0.1, -0.05) is 4.47 Å². The number of sulfonamides is 1. The van der Waals surface area contributed by atoms with Crippen LogP contribution in [-0.2, 0) is 14.9 Å². The number of hydroxylamine groups is 1. The molecule has 1 aromatic carbocycles. The summed E-state index contributed by atoms with van der Waals surface area (Å²) in [6.07, 6.45) is 1.73. The average molecular weight is 271 g/mol. The Morgan fingerprint density at radius 2 is 2.00 bits per heavy atom. The standard InChI is InChI=1S/C12H17NO4S/c1-2-16-11-5-7-12(8-6-11)18(14,15)13-9-3-4-10-17-13/h5-8H,2-4,9-10H2,1H3. The van der Waals surface area contributed by atoms with Gasteiger partial charge in [0, 0.05) is 6.54 Å². The lowest BCUT2D eigenvalue weighted by Crippen LogP contribution is -2.35. The first-order valence-corrected chi connectivity index (χ1v) is 7.47. The summed E-state index contributed by atoms with van der Waals surface area (Å²) in [6, 6.07) is 6.39. The van der Waals surface area contributed by atoms with Crippen LogP contribution in [0.2, 0.25) is 0 Å². The molecule has 1 fully saturated rings. The van der Waals surface area contributed by atoms with Crippen molar-refractivity contribution in [2.75, 3.05) is 19.8 Å². The Kier molecular flexibility index (Phi) is 4.21. The van der Waals surface area contributed by atoms with Gasteiger partial charge in [0.15, 0.2) is 0 Å². The van der Waals surface area contributed by atoms with Gasteiger partial charge in [-0.05, 0) is 44.0 Å². The first-order valence-electron chi connectivity index (χ1n) is 6.03. The van der Waals surface area contributed by atoms with Crippen molar-refractivity contribution in [1.29, 1.82) is 0 Å². The zero-order valence-electron chi connectivity index (χ0n) is 10.3. The second kappa shape index (κ2) is 5.69. The molecule has 0 aromatic heterocycles. The molecule has 2 rings (SSSR count). The van der Waals surface area contributed by atoms with E-state index in [2.05, 4.69) is 0 Å². The Bertz CT molecular complexity index is 477. The van der Waals surface area contributed by atoms with Gasteiger partial charge in [0.2, 0.25) is 0 Å². The van der Waals surface area contributed by atoms with Gasteiger partial charge in [-0.25, -0.2) is 8.42 Å². The molecule has 1 heterocycles. The molecular weight excluding hydrogens is 254 g/mol. The van der Waals surface area contributed by atoms with Crippen LogP contribution < -0.4 is 4.74 Å². The topological polar surface area (TPSA) is 55.8 Å². The second-order valence-corrected chi connectivity index (χ2v) is 5.80. The summed E-state index contributed by atoms with van der Waals surface area (Å²) in [5, 5.41) is 0. The van der Waals surface area contributed by atoms with Gasteiger partial charge in [-0.15, -0.1) is 0 Å². The molecule has 0 aliphatic carbocycles. The van der Waals surface area contributed by atoms with E-state index in [1.165, 1.54) is 12.1 Å². The van der Waals surface area contributed by atoms with Crippen molar-refractivity contribution in [1.82, 2.24) is 4.47 Å². The van der Waals surface area contributed by atoms with E-state index < -0.39 is 10.0 Å². The number of nitrogens with zero attached hydrogens (tertiary/aromatic N) is 1. The van der Waals surface area contributed by atoms with Crippen LogP contribution in [-0.4, -0.2) is 32.6 Å². The Balaban J connectivity index is 2.18. The third-order valence-electron chi connectivity index (χ3n) is 2.67. The number of hydrogen-bond donors (Lipinski definition) is 0. The molecule has 0 amide bonds. The summed E-state index contributed by atoms with van der Waals surface area (Å²) >= 11 is 0. The van der Waals surface area contributed by atoms with E-state index in [1.807, 2.05) is 6.92 Å². The quantitative estimate of drug-likeness (QED) is 0.838. The van der Waals surface area contributed by atoms with Crippen LogP contribution >= 0.6 is 0 Å². The van der Waals surface area contributed by atoms with E-state index in [0.29, 0.717) is 25.5 Å². The molecule has 0 spiro atoms. The number of hydrogen-bond acceptors (Lipinski definition) is 4. The summed E-state index contributed by atoms with van der Waals surface area (Å²) in [5.74, 6) is 0.663. The van der Waals surface area contributed by atoms with Gasteiger partial charge < -0.3 is 4.74 Å². The number of rotatable bonds is 4. The molecule has 1 aromatic rings. The molecule has 0 bridgehead atoms. The van der Waals surface area contributed by atoms with Gasteiger partial charge in [0.25, 0.3) is 10.0 Å². The highest BCUT2D eigenvalue weighted by Gasteiger charge is 2.27. The fourth-order valence-corrected chi connectivity index (χ4v) is 3.05. The van der Waals surface area contributed by atoms with E-state index in [1.54, 1.807) is 12.1 Å². The minimum atomic E-state index is -3.54. The smallest absolute Gasteiger partial charge is 0.265 e. The van der Waals surface area contributed by atoms with Crippen molar-refractivity contribution in [2.45, 2.75) is 24.7 Å². The molecule has 0 saturated carbocycles. The van der Waals surface area contributed by atoms with Gasteiger partial charge in [-0.2, -0.15) is 0 Å². The highest BCUT2D eigenvalue weighted by molar-refractivity contribution is 7.89. The summed E-state index contributed by atoms with van der Waals surface area (Å²) in [5.41, 5.74) is 0. The normalized spacial score (nSPS) is 17.6. The molecular formula is C12H17NO4S. The largest absolute Gasteiger partial charge is 0.494 e. The lowest BCUT2D eigenvalue weighted by Gasteiger charge is -2.25. The van der Waals surface area contributed by atoms with Crippen LogP contribution in [0.4, 0.5) is 0 Å². The molecule has 0 unspecified atom stereocenters. The van der Waals surface area contributed by atoms with Crippen molar-refractivity contribution in [3.05, 3.63) is 24.3 Å². The molecule has 1 aliphatic rings. The van der Waals surface area contributed by atoms with E-state index in [-0.39, 0.29) is 4.90 Å². The molecule has 1 saturated heterocycles. The SMILES string of the molecule is CCOc1ccc(S(=O)(=O)N2CCCCO2)cc1. The number of benzene rings is 1. The maximum atomic E-state index is 12.2. The Hall–Kier alpha value is -1.11. The number of ether oxygens (including phenoxy) is 1. The van der Waals surface area contributed by atoms with Gasteiger partial charge in [-0.3, -0.25) is 4.84 Å². The monoisotopic (exact) mass is 271 g/mol. The lowest BCUT2D eigenvalue weighted by molar-refractivity contribution is -0.108. The zero-order chi connectivity index (χ0) is 13.0. The molecule has 1 aliphatic heterocycles. The second-order valence-electron chi connectivity index (χ2n) is 3.98. The Morgan fingerprint density at radius 1 is 1.28 bits per heavy atom. The Labute approximate surface area is 107 Å². The third-order valence-corrected chi connectivity index (χ3v) is 4.36. The van der Waals surface area contributed by atoms with Crippen LogP contribution in [0, 0.1) is 0 Å². The third kappa shape index (κ3) is 2.82. The molecule has 18 heavy (non-hydrogen) atoms. The molecule has 6 heteroatoms. The molecule has 5 nitrogen and oxygen atoms in total. The van der Waals surface area contributed by atoms with Gasteiger partial charge in [0.05, 0.1) is 18.1 Å². The zero-order valence-corrected chi connectivity index (χ0v) is 11.1. The minimum absolute atomic E-state index is 0.229. The maximum Gasteiger partial charge on any atom is 0.265 e. The average Bonchev–Trinajstić information content (AvgIpc) is 2.41. The van der Waals surface area contributed by atoms with Crippen LogP contribution in [0.25, 0.3) is 0 Å². The molecule has 100 valence electrons. The molecule has 0 N–H and O–H groups in total. The summed E-state index contributed by atoms with van der Waals surface area (Å²) in [7, 11) is -3.54. The first kappa shape index (κ1) is 13.3. The minimum Gasteiger partial charge on any atom is -0.494 e. The van der Waals surface area contributed by atoms with Gasteiger partial charge in [0.1, 0.15) is 5.75 Å². The summed E-state index contributed by atoms with van der Waals surface area (Å²) < 4.78 is 30.8. The fourth-order valence-electron chi connectivity index (χ4n) is 1.76. The van der Waals surface area contributed by atoms with E-state index in [0.717, 1.165) is 17.3 Å². The maximum absolute atomic E-state index is 12.2. The van der Waals surface area contributed by atoms with Crippen molar-refractivity contribution in [3.8, 4) is 5.75 Å². The van der Waals surface area contributed by atoms with E-state index in [4.69, 9.17) is 9.57 Å². The van der Waals surface area contributed by atoms with Crippen LogP contribution in [0.3, 0.4) is 0 Å². The van der Waals surface area contributed by atoms with Crippen molar-refractivity contribution in [3.63, 3.8) is 0 Å². The van der Waals surface area contributed by atoms with Crippen molar-refractivity contribution >= 4 is 10.0 Å². The predicted molar refractivity (Wildman–Crippen MR) is 66.7 cm³/mol. The lowest BCUT2D eigenvalue weighted by atomic mass is 10.3. The summed E-state index contributed by atoms with van der Waals surface area (Å²) in [6.45, 7) is 3.30. The highest BCUT2D eigenvalue weighted by atomic mass is 32.2. The van der Waals surface area contributed by atoms with Gasteiger partial charge >= 0.3 is 0 Å². The van der Waals surface area contributed by atoms with Crippen LogP contribution in [0.5, 0.6) is 5.75 Å².